The van der Waals surface area contributed by atoms with Gasteiger partial charge in [0.2, 0.25) is 5.91 Å². The molecule has 3 rings (SSSR count). The number of carbonyl (C=O) groups excluding carboxylic acids is 1. The van der Waals surface area contributed by atoms with E-state index in [1.165, 1.54) is 18.2 Å². The van der Waals surface area contributed by atoms with E-state index in [2.05, 4.69) is 10.4 Å². The number of rotatable bonds is 5. The Labute approximate surface area is 143 Å². The van der Waals surface area contributed by atoms with Crippen molar-refractivity contribution >= 4 is 23.3 Å². The van der Waals surface area contributed by atoms with Crippen LogP contribution >= 0.6 is 11.3 Å². The predicted molar refractivity (Wildman–Crippen MR) is 92.9 cm³/mol. The maximum Gasteiger partial charge on any atom is 0.244 e. The molecule has 2 aromatic heterocycles. The zero-order chi connectivity index (χ0) is 16.9. The predicted octanol–water partition coefficient (Wildman–Crippen LogP) is 3.54. The van der Waals surface area contributed by atoms with Crippen LogP contribution in [0, 0.1) is 5.82 Å². The third-order valence-corrected chi connectivity index (χ3v) is 4.41. The summed E-state index contributed by atoms with van der Waals surface area (Å²) in [5, 5.41) is 8.97. The van der Waals surface area contributed by atoms with Crippen LogP contribution in [0.2, 0.25) is 0 Å². The van der Waals surface area contributed by atoms with Gasteiger partial charge in [0, 0.05) is 29.8 Å². The zero-order valence-electron chi connectivity index (χ0n) is 13.0. The Morgan fingerprint density at radius 1 is 1.33 bits per heavy atom. The summed E-state index contributed by atoms with van der Waals surface area (Å²) in [6.45, 7) is 0. The van der Waals surface area contributed by atoms with E-state index >= 15 is 0 Å². The van der Waals surface area contributed by atoms with Crippen molar-refractivity contribution in [2.75, 3.05) is 0 Å². The second kappa shape index (κ2) is 7.23. The van der Waals surface area contributed by atoms with Gasteiger partial charge in [-0.1, -0.05) is 18.2 Å². The molecule has 1 unspecified atom stereocenters. The topological polar surface area (TPSA) is 46.9 Å². The number of nitrogens with one attached hydrogen (secondary N) is 1. The van der Waals surface area contributed by atoms with E-state index in [1.807, 2.05) is 30.8 Å². The van der Waals surface area contributed by atoms with Crippen LogP contribution in [-0.2, 0) is 11.8 Å². The lowest BCUT2D eigenvalue weighted by Gasteiger charge is -2.17. The second-order valence-corrected chi connectivity index (χ2v) is 6.27. The smallest absolute Gasteiger partial charge is 0.244 e. The molecule has 0 saturated heterocycles. The number of aromatic nitrogens is 2. The molecule has 2 heterocycles. The number of benzene rings is 1. The third kappa shape index (κ3) is 3.97. The van der Waals surface area contributed by atoms with E-state index in [4.69, 9.17) is 0 Å². The minimum absolute atomic E-state index is 0.221. The Morgan fingerprint density at radius 2 is 2.12 bits per heavy atom. The Hall–Kier alpha value is -2.73. The first-order chi connectivity index (χ1) is 11.6. The van der Waals surface area contributed by atoms with Crippen molar-refractivity contribution in [2.24, 2.45) is 7.05 Å². The van der Waals surface area contributed by atoms with E-state index in [1.54, 1.807) is 40.4 Å². The summed E-state index contributed by atoms with van der Waals surface area (Å²) in [5.74, 6) is -0.520. The molecule has 0 bridgehead atoms. The molecule has 0 aliphatic rings. The minimum atomic E-state index is -0.309. The number of hydrogen-bond acceptors (Lipinski definition) is 3. The molecule has 4 nitrogen and oxygen atoms in total. The number of aryl methyl sites for hydroxylation is 1. The maximum absolute atomic E-state index is 13.2. The molecule has 0 aliphatic carbocycles. The number of amides is 1. The summed E-state index contributed by atoms with van der Waals surface area (Å²) in [7, 11) is 1.82. The van der Waals surface area contributed by atoms with Crippen molar-refractivity contribution in [1.82, 2.24) is 15.1 Å². The highest BCUT2D eigenvalue weighted by Crippen LogP contribution is 2.26. The number of thiophene rings is 1. The molecule has 1 atom stereocenters. The number of carbonyl (C=O) groups is 1. The molecule has 1 N–H and O–H groups in total. The molecular weight excluding hydrogens is 325 g/mol. The van der Waals surface area contributed by atoms with E-state index in [0.717, 1.165) is 16.0 Å². The average Bonchev–Trinajstić information content (AvgIpc) is 3.23. The van der Waals surface area contributed by atoms with E-state index < -0.39 is 0 Å². The molecule has 0 saturated carbocycles. The Bertz CT molecular complexity index is 838. The summed E-state index contributed by atoms with van der Waals surface area (Å²) >= 11 is 1.54. The number of hydrogen-bond donors (Lipinski definition) is 1. The van der Waals surface area contributed by atoms with Gasteiger partial charge in [-0.25, -0.2) is 4.39 Å². The van der Waals surface area contributed by atoms with Crippen molar-refractivity contribution in [3.63, 3.8) is 0 Å². The highest BCUT2D eigenvalue weighted by molar-refractivity contribution is 7.10. The summed E-state index contributed by atoms with van der Waals surface area (Å²) < 4.78 is 14.8. The first-order valence-corrected chi connectivity index (χ1v) is 8.26. The normalized spacial score (nSPS) is 12.4. The van der Waals surface area contributed by atoms with E-state index in [9.17, 15) is 9.18 Å². The summed E-state index contributed by atoms with van der Waals surface area (Å²) in [5.41, 5.74) is 1.68. The summed E-state index contributed by atoms with van der Waals surface area (Å²) in [6.07, 6.45) is 6.68. The first kappa shape index (κ1) is 16.1. The van der Waals surface area contributed by atoms with E-state index in [0.29, 0.717) is 0 Å². The van der Waals surface area contributed by atoms with Crippen LogP contribution in [0.15, 0.2) is 60.2 Å². The third-order valence-electron chi connectivity index (χ3n) is 3.47. The van der Waals surface area contributed by atoms with Crippen molar-refractivity contribution in [1.29, 1.82) is 0 Å². The minimum Gasteiger partial charge on any atom is -0.341 e. The highest BCUT2D eigenvalue weighted by atomic mass is 32.1. The average molecular weight is 341 g/mol. The molecule has 3 aromatic rings. The highest BCUT2D eigenvalue weighted by Gasteiger charge is 2.16. The van der Waals surface area contributed by atoms with Gasteiger partial charge in [-0.3, -0.25) is 9.48 Å². The van der Waals surface area contributed by atoms with Crippen molar-refractivity contribution in [3.8, 4) is 0 Å². The maximum atomic E-state index is 13.2. The molecule has 0 fully saturated rings. The van der Waals surface area contributed by atoms with Crippen LogP contribution in [-0.4, -0.2) is 15.7 Å². The molecule has 0 radical (unpaired) electrons. The molecule has 6 heteroatoms. The standard InChI is InChI=1S/C18H16FN3OS/c1-22-12-13(11-20-22)4-9-17(23)21-18(16-3-2-10-24-16)14-5-7-15(19)8-6-14/h2-12,18H,1H3,(H,21,23). The van der Waals surface area contributed by atoms with Gasteiger partial charge in [0.25, 0.3) is 0 Å². The van der Waals surface area contributed by atoms with Crippen LogP contribution in [0.25, 0.3) is 6.08 Å². The lowest BCUT2D eigenvalue weighted by molar-refractivity contribution is -0.116. The van der Waals surface area contributed by atoms with Crippen LogP contribution in [0.5, 0.6) is 0 Å². The number of halogens is 1. The van der Waals surface area contributed by atoms with Crippen molar-refractivity contribution < 1.29 is 9.18 Å². The quantitative estimate of drug-likeness (QED) is 0.722. The molecule has 1 amide bonds. The SMILES string of the molecule is Cn1cc(C=CC(=O)NC(c2ccc(F)cc2)c2cccs2)cn1. The van der Waals surface area contributed by atoms with Crippen molar-refractivity contribution in [2.45, 2.75) is 6.04 Å². The van der Waals surface area contributed by atoms with Gasteiger partial charge in [-0.05, 0) is 35.2 Å². The Kier molecular flexibility index (Phi) is 4.86. The van der Waals surface area contributed by atoms with Crippen LogP contribution in [0.1, 0.15) is 22.0 Å². The molecule has 24 heavy (non-hydrogen) atoms. The molecule has 0 spiro atoms. The fourth-order valence-corrected chi connectivity index (χ4v) is 3.12. The van der Waals surface area contributed by atoms with Gasteiger partial charge >= 0.3 is 0 Å². The fourth-order valence-electron chi connectivity index (χ4n) is 2.32. The lowest BCUT2D eigenvalue weighted by Crippen LogP contribution is -2.27. The van der Waals surface area contributed by atoms with E-state index in [-0.39, 0.29) is 17.8 Å². The summed E-state index contributed by atoms with van der Waals surface area (Å²) in [6, 6.07) is 9.73. The fraction of sp³-hybridized carbons (Fsp3) is 0.111. The summed E-state index contributed by atoms with van der Waals surface area (Å²) in [4.78, 5) is 13.3. The van der Waals surface area contributed by atoms with Crippen molar-refractivity contribution in [3.05, 3.63) is 82.1 Å². The number of nitrogens with zero attached hydrogens (tertiary/aromatic N) is 2. The van der Waals surface area contributed by atoms with Crippen LogP contribution < -0.4 is 5.32 Å². The molecule has 0 aliphatic heterocycles. The van der Waals surface area contributed by atoms with Gasteiger partial charge in [-0.15, -0.1) is 11.3 Å². The van der Waals surface area contributed by atoms with Gasteiger partial charge in [0.15, 0.2) is 0 Å². The lowest BCUT2D eigenvalue weighted by atomic mass is 10.1. The Morgan fingerprint density at radius 3 is 2.75 bits per heavy atom. The zero-order valence-corrected chi connectivity index (χ0v) is 13.8. The second-order valence-electron chi connectivity index (χ2n) is 5.29. The van der Waals surface area contributed by atoms with Gasteiger partial charge in [-0.2, -0.15) is 5.10 Å². The first-order valence-electron chi connectivity index (χ1n) is 7.38. The monoisotopic (exact) mass is 341 g/mol. The largest absolute Gasteiger partial charge is 0.341 e. The van der Waals surface area contributed by atoms with Gasteiger partial charge in [0.05, 0.1) is 12.2 Å². The van der Waals surface area contributed by atoms with Gasteiger partial charge < -0.3 is 5.32 Å². The van der Waals surface area contributed by atoms with Crippen LogP contribution in [0.4, 0.5) is 4.39 Å². The van der Waals surface area contributed by atoms with Crippen LogP contribution in [0.3, 0.4) is 0 Å². The molecule has 122 valence electrons. The van der Waals surface area contributed by atoms with Gasteiger partial charge in [0.1, 0.15) is 5.82 Å². The Balaban J connectivity index is 1.78. The molecule has 1 aromatic carbocycles. The molecular formula is C18H16FN3OS.